The molecule has 1 amide bonds. The maximum Gasteiger partial charge on any atom is 0.426 e. The van der Waals surface area contributed by atoms with Gasteiger partial charge in [-0.05, 0) is 23.6 Å². The van der Waals surface area contributed by atoms with E-state index in [1.54, 1.807) is 6.20 Å². The Kier molecular flexibility index (Phi) is 3.94. The minimum atomic E-state index is -0.960. The summed E-state index contributed by atoms with van der Waals surface area (Å²) in [6.45, 7) is 3.20. The lowest BCUT2D eigenvalue weighted by Gasteiger charge is -2.24. The van der Waals surface area contributed by atoms with Gasteiger partial charge in [0.15, 0.2) is 0 Å². The SMILES string of the molecule is Cc1cccc(CN2CC(c3ccccc3)=CN2C(=O)O)c1. The van der Waals surface area contributed by atoms with Crippen molar-refractivity contribution in [1.82, 2.24) is 10.0 Å². The van der Waals surface area contributed by atoms with Gasteiger partial charge >= 0.3 is 6.09 Å². The Hall–Kier alpha value is -2.59. The van der Waals surface area contributed by atoms with Crippen LogP contribution in [-0.4, -0.2) is 27.8 Å². The van der Waals surface area contributed by atoms with Crippen LogP contribution in [0.4, 0.5) is 4.79 Å². The van der Waals surface area contributed by atoms with Crippen LogP contribution in [0.15, 0.2) is 60.8 Å². The predicted octanol–water partition coefficient (Wildman–Crippen LogP) is 3.75. The summed E-state index contributed by atoms with van der Waals surface area (Å²) in [6, 6.07) is 18.0. The lowest BCUT2D eigenvalue weighted by Crippen LogP contribution is -2.38. The summed E-state index contributed by atoms with van der Waals surface area (Å²) in [7, 11) is 0. The van der Waals surface area contributed by atoms with Gasteiger partial charge in [0.25, 0.3) is 0 Å². The number of aryl methyl sites for hydroxylation is 1. The van der Waals surface area contributed by atoms with Gasteiger partial charge < -0.3 is 5.11 Å². The Bertz CT molecular complexity index is 710. The van der Waals surface area contributed by atoms with Crippen molar-refractivity contribution >= 4 is 11.7 Å². The minimum Gasteiger partial charge on any atom is -0.464 e. The molecule has 0 atom stereocenters. The fourth-order valence-electron chi connectivity index (χ4n) is 2.69. The second kappa shape index (κ2) is 6.03. The molecule has 0 radical (unpaired) electrons. The van der Waals surface area contributed by atoms with Crippen LogP contribution in [0.25, 0.3) is 5.57 Å². The quantitative estimate of drug-likeness (QED) is 0.937. The third kappa shape index (κ3) is 3.02. The monoisotopic (exact) mass is 294 g/mol. The summed E-state index contributed by atoms with van der Waals surface area (Å²) in [5.74, 6) is 0. The zero-order chi connectivity index (χ0) is 15.5. The Morgan fingerprint density at radius 1 is 1.14 bits per heavy atom. The van der Waals surface area contributed by atoms with E-state index >= 15 is 0 Å². The molecule has 0 saturated heterocycles. The standard InChI is InChI=1S/C18H18N2O2/c1-14-6-5-7-15(10-14)11-19-12-17(13-20(19)18(21)22)16-8-3-2-4-9-16/h2-10,13H,11-12H2,1H3,(H,21,22). The van der Waals surface area contributed by atoms with Crippen molar-refractivity contribution in [2.24, 2.45) is 0 Å². The van der Waals surface area contributed by atoms with Gasteiger partial charge in [-0.25, -0.2) is 14.8 Å². The molecule has 22 heavy (non-hydrogen) atoms. The van der Waals surface area contributed by atoms with Crippen molar-refractivity contribution in [3.63, 3.8) is 0 Å². The van der Waals surface area contributed by atoms with Crippen molar-refractivity contribution in [3.05, 3.63) is 77.5 Å². The number of hydrogen-bond acceptors (Lipinski definition) is 2. The average Bonchev–Trinajstić information content (AvgIpc) is 2.92. The van der Waals surface area contributed by atoms with Crippen LogP contribution in [-0.2, 0) is 6.54 Å². The van der Waals surface area contributed by atoms with Crippen molar-refractivity contribution in [3.8, 4) is 0 Å². The van der Waals surface area contributed by atoms with Crippen molar-refractivity contribution in [1.29, 1.82) is 0 Å². The third-order valence-corrected chi connectivity index (χ3v) is 3.72. The molecule has 0 unspecified atom stereocenters. The Balaban J connectivity index is 1.82. The number of nitrogens with zero attached hydrogens (tertiary/aromatic N) is 2. The number of carboxylic acid groups (broad SMARTS) is 1. The summed E-state index contributed by atoms with van der Waals surface area (Å²) in [6.07, 6.45) is 0.742. The zero-order valence-electron chi connectivity index (χ0n) is 12.4. The van der Waals surface area contributed by atoms with Crippen LogP contribution in [0, 0.1) is 6.92 Å². The van der Waals surface area contributed by atoms with Crippen LogP contribution in [0.1, 0.15) is 16.7 Å². The number of carbonyl (C=O) groups is 1. The highest BCUT2D eigenvalue weighted by Gasteiger charge is 2.27. The average molecular weight is 294 g/mol. The van der Waals surface area contributed by atoms with E-state index in [0.717, 1.165) is 16.7 Å². The van der Waals surface area contributed by atoms with Gasteiger partial charge in [-0.1, -0.05) is 60.2 Å². The summed E-state index contributed by atoms with van der Waals surface area (Å²) in [4.78, 5) is 11.5. The molecule has 1 aliphatic rings. The first-order valence-corrected chi connectivity index (χ1v) is 7.22. The van der Waals surface area contributed by atoms with Gasteiger partial charge in [0.2, 0.25) is 0 Å². The van der Waals surface area contributed by atoms with E-state index in [4.69, 9.17) is 0 Å². The van der Waals surface area contributed by atoms with Crippen LogP contribution in [0.5, 0.6) is 0 Å². The maximum absolute atomic E-state index is 11.5. The van der Waals surface area contributed by atoms with Gasteiger partial charge in [0.1, 0.15) is 0 Å². The van der Waals surface area contributed by atoms with E-state index in [1.165, 1.54) is 10.6 Å². The molecule has 0 fully saturated rings. The van der Waals surface area contributed by atoms with E-state index in [-0.39, 0.29) is 0 Å². The number of amides is 1. The van der Waals surface area contributed by atoms with Crippen LogP contribution >= 0.6 is 0 Å². The molecular weight excluding hydrogens is 276 g/mol. The van der Waals surface area contributed by atoms with Gasteiger partial charge in [0.05, 0.1) is 0 Å². The predicted molar refractivity (Wildman–Crippen MR) is 85.9 cm³/mol. The third-order valence-electron chi connectivity index (χ3n) is 3.72. The summed E-state index contributed by atoms with van der Waals surface area (Å²) in [5.41, 5.74) is 4.35. The normalized spacial score (nSPS) is 15.0. The largest absolute Gasteiger partial charge is 0.464 e. The number of hydrogen-bond donors (Lipinski definition) is 1. The molecule has 0 aromatic heterocycles. The molecule has 1 aliphatic heterocycles. The maximum atomic E-state index is 11.5. The second-order valence-corrected chi connectivity index (χ2v) is 5.46. The van der Waals surface area contributed by atoms with E-state index in [9.17, 15) is 9.90 Å². The molecule has 0 bridgehead atoms. The highest BCUT2D eigenvalue weighted by atomic mass is 16.4. The molecule has 1 heterocycles. The van der Waals surface area contributed by atoms with Crippen LogP contribution in [0.2, 0.25) is 0 Å². The number of benzene rings is 2. The second-order valence-electron chi connectivity index (χ2n) is 5.46. The molecule has 4 nitrogen and oxygen atoms in total. The summed E-state index contributed by atoms with van der Waals surface area (Å²) < 4.78 is 0. The Morgan fingerprint density at radius 2 is 1.91 bits per heavy atom. The molecular formula is C18H18N2O2. The highest BCUT2D eigenvalue weighted by Crippen LogP contribution is 2.25. The van der Waals surface area contributed by atoms with Crippen molar-refractivity contribution in [2.45, 2.75) is 13.5 Å². The van der Waals surface area contributed by atoms with E-state index < -0.39 is 6.09 Å². The first kappa shape index (κ1) is 14.4. The molecule has 4 heteroatoms. The smallest absolute Gasteiger partial charge is 0.426 e. The van der Waals surface area contributed by atoms with E-state index in [2.05, 4.69) is 6.07 Å². The fraction of sp³-hybridized carbons (Fsp3) is 0.167. The molecule has 112 valence electrons. The van der Waals surface area contributed by atoms with Crippen LogP contribution in [0.3, 0.4) is 0 Å². The summed E-state index contributed by atoms with van der Waals surface area (Å²) in [5, 5.41) is 12.5. The van der Waals surface area contributed by atoms with E-state index in [0.29, 0.717) is 13.1 Å². The van der Waals surface area contributed by atoms with Crippen molar-refractivity contribution < 1.29 is 9.90 Å². The number of rotatable bonds is 3. The summed E-state index contributed by atoms with van der Waals surface area (Å²) >= 11 is 0. The first-order chi connectivity index (χ1) is 10.6. The molecule has 3 rings (SSSR count). The molecule has 2 aromatic rings. The lowest BCUT2D eigenvalue weighted by atomic mass is 10.1. The van der Waals surface area contributed by atoms with Crippen molar-refractivity contribution in [2.75, 3.05) is 6.54 Å². The zero-order valence-corrected chi connectivity index (χ0v) is 12.4. The van der Waals surface area contributed by atoms with Crippen LogP contribution < -0.4 is 0 Å². The number of hydrazine groups is 1. The fourth-order valence-corrected chi connectivity index (χ4v) is 2.69. The van der Waals surface area contributed by atoms with Gasteiger partial charge in [-0.3, -0.25) is 0 Å². The molecule has 0 spiro atoms. The molecule has 1 N–H and O–H groups in total. The lowest BCUT2D eigenvalue weighted by molar-refractivity contribution is 0.0450. The molecule has 2 aromatic carbocycles. The van der Waals surface area contributed by atoms with E-state index in [1.807, 2.05) is 60.5 Å². The van der Waals surface area contributed by atoms with Gasteiger partial charge in [-0.2, -0.15) is 0 Å². The highest BCUT2D eigenvalue weighted by molar-refractivity contribution is 5.75. The van der Waals surface area contributed by atoms with Gasteiger partial charge in [-0.15, -0.1) is 0 Å². The topological polar surface area (TPSA) is 43.8 Å². The Morgan fingerprint density at radius 3 is 2.59 bits per heavy atom. The minimum absolute atomic E-state index is 0.570. The molecule has 0 aliphatic carbocycles. The Labute approximate surface area is 129 Å². The van der Waals surface area contributed by atoms with Gasteiger partial charge in [0, 0.05) is 19.3 Å². The first-order valence-electron chi connectivity index (χ1n) is 7.22. The molecule has 0 saturated carbocycles.